The Morgan fingerprint density at radius 2 is 2.26 bits per heavy atom. The molecule has 2 heterocycles. The van der Waals surface area contributed by atoms with Crippen LogP contribution < -0.4 is 5.32 Å². The molecular weight excluding hydrogens is 394 g/mol. The number of nitrogens with one attached hydrogen (secondary N) is 1. The lowest BCUT2D eigenvalue weighted by molar-refractivity contribution is 0.182. The lowest BCUT2D eigenvalue weighted by Gasteiger charge is -2.18. The van der Waals surface area contributed by atoms with Gasteiger partial charge in [-0.3, -0.25) is 4.68 Å². The quantitative estimate of drug-likeness (QED) is 0.795. The smallest absolute Gasteiger partial charge is 0.0862 e. The molecule has 0 radical (unpaired) electrons. The van der Waals surface area contributed by atoms with Gasteiger partial charge in [-0.05, 0) is 50.4 Å². The molecule has 2 aromatic heterocycles. The van der Waals surface area contributed by atoms with Crippen LogP contribution in [0.4, 0.5) is 0 Å². The lowest BCUT2D eigenvalue weighted by Crippen LogP contribution is -2.22. The van der Waals surface area contributed by atoms with Gasteiger partial charge in [-0.25, -0.2) is 0 Å². The van der Waals surface area contributed by atoms with Gasteiger partial charge < -0.3 is 10.1 Å². The van der Waals surface area contributed by atoms with Crippen LogP contribution in [0.5, 0.6) is 0 Å². The summed E-state index contributed by atoms with van der Waals surface area (Å²) < 4.78 is 9.22. The van der Waals surface area contributed by atoms with Gasteiger partial charge in [0.15, 0.2) is 0 Å². The fourth-order valence-corrected chi connectivity index (χ4v) is 4.16. The summed E-state index contributed by atoms with van der Waals surface area (Å²) in [6.07, 6.45) is 1.83. The summed E-state index contributed by atoms with van der Waals surface area (Å²) in [7, 11) is 3.65. The van der Waals surface area contributed by atoms with Gasteiger partial charge in [-0.15, -0.1) is 11.3 Å². The first-order valence-corrected chi connectivity index (χ1v) is 8.26. The van der Waals surface area contributed by atoms with Gasteiger partial charge in [-0.1, -0.05) is 0 Å². The average molecular weight is 409 g/mol. The molecule has 1 atom stereocenters. The van der Waals surface area contributed by atoms with Crippen molar-refractivity contribution < 1.29 is 4.74 Å². The number of hydrogen-bond donors (Lipinski definition) is 1. The highest BCUT2D eigenvalue weighted by Crippen LogP contribution is 2.35. The zero-order valence-electron chi connectivity index (χ0n) is 10.7. The van der Waals surface area contributed by atoms with Gasteiger partial charge in [-0.2, -0.15) is 5.10 Å². The molecule has 1 N–H and O–H groups in total. The molecule has 1 unspecified atom stereocenters. The highest BCUT2D eigenvalue weighted by molar-refractivity contribution is 9.10. The molecule has 19 heavy (non-hydrogen) atoms. The van der Waals surface area contributed by atoms with Crippen molar-refractivity contribution in [1.29, 1.82) is 0 Å². The largest absolute Gasteiger partial charge is 0.383 e. The van der Waals surface area contributed by atoms with E-state index in [1.165, 1.54) is 4.88 Å². The van der Waals surface area contributed by atoms with Crippen molar-refractivity contribution in [1.82, 2.24) is 15.1 Å². The van der Waals surface area contributed by atoms with Crippen LogP contribution in [0, 0.1) is 0 Å². The molecule has 104 valence electrons. The Hall–Kier alpha value is -0.210. The van der Waals surface area contributed by atoms with Crippen LogP contribution in [0.25, 0.3) is 0 Å². The monoisotopic (exact) mass is 407 g/mol. The third-order valence-electron chi connectivity index (χ3n) is 2.81. The van der Waals surface area contributed by atoms with Crippen LogP contribution >= 0.6 is 43.2 Å². The van der Waals surface area contributed by atoms with Crippen LogP contribution in [-0.2, 0) is 11.3 Å². The van der Waals surface area contributed by atoms with Crippen molar-refractivity contribution in [3.63, 3.8) is 0 Å². The molecule has 2 rings (SSSR count). The third-order valence-corrected chi connectivity index (χ3v) is 5.36. The van der Waals surface area contributed by atoms with Gasteiger partial charge in [0, 0.05) is 16.5 Å². The molecule has 4 nitrogen and oxygen atoms in total. The second-order valence-electron chi connectivity index (χ2n) is 3.95. The van der Waals surface area contributed by atoms with E-state index in [4.69, 9.17) is 4.74 Å². The summed E-state index contributed by atoms with van der Waals surface area (Å²) in [5.41, 5.74) is 1.11. The number of ether oxygens (including phenoxy) is 1. The van der Waals surface area contributed by atoms with Gasteiger partial charge in [0.2, 0.25) is 0 Å². The Labute approximate surface area is 133 Å². The van der Waals surface area contributed by atoms with Crippen molar-refractivity contribution in [3.05, 3.63) is 37.2 Å². The maximum Gasteiger partial charge on any atom is 0.0862 e. The number of halogens is 2. The Balaban J connectivity index is 2.38. The molecule has 0 aliphatic rings. The van der Waals surface area contributed by atoms with Gasteiger partial charge in [0.05, 0.1) is 35.6 Å². The number of nitrogens with zero attached hydrogens (tertiary/aromatic N) is 2. The van der Waals surface area contributed by atoms with E-state index < -0.39 is 0 Å². The summed E-state index contributed by atoms with van der Waals surface area (Å²) >= 11 is 8.90. The number of rotatable bonds is 6. The molecule has 7 heteroatoms. The minimum absolute atomic E-state index is 0.100. The van der Waals surface area contributed by atoms with Crippen molar-refractivity contribution in [2.45, 2.75) is 12.6 Å². The molecule has 0 spiro atoms. The maximum atomic E-state index is 5.13. The predicted molar refractivity (Wildman–Crippen MR) is 84.7 cm³/mol. The summed E-state index contributed by atoms with van der Waals surface area (Å²) in [4.78, 5) is 1.24. The first kappa shape index (κ1) is 15.2. The van der Waals surface area contributed by atoms with E-state index >= 15 is 0 Å². The molecule has 0 aromatic carbocycles. The first-order chi connectivity index (χ1) is 9.19. The molecule has 0 aliphatic heterocycles. The number of hydrogen-bond acceptors (Lipinski definition) is 4. The Kier molecular flexibility index (Phi) is 5.58. The van der Waals surface area contributed by atoms with E-state index in [0.717, 1.165) is 21.2 Å². The highest BCUT2D eigenvalue weighted by Gasteiger charge is 2.23. The van der Waals surface area contributed by atoms with Crippen molar-refractivity contribution in [3.8, 4) is 0 Å². The first-order valence-electron chi connectivity index (χ1n) is 5.79. The van der Waals surface area contributed by atoms with Crippen molar-refractivity contribution >= 4 is 43.2 Å². The zero-order chi connectivity index (χ0) is 13.8. The summed E-state index contributed by atoms with van der Waals surface area (Å²) in [5, 5.41) is 9.83. The van der Waals surface area contributed by atoms with Gasteiger partial charge >= 0.3 is 0 Å². The molecule has 0 aliphatic carbocycles. The standard InChI is InChI=1S/C12H15Br2N3OS/c1-15-10(12-8(13)3-6-19-12)11-9(14)7-16-17(11)4-5-18-2/h3,6-7,10,15H,4-5H2,1-2H3. The minimum Gasteiger partial charge on any atom is -0.383 e. The molecule has 0 fully saturated rings. The number of thiophene rings is 1. The van der Waals surface area contributed by atoms with E-state index in [1.54, 1.807) is 18.4 Å². The Morgan fingerprint density at radius 3 is 2.84 bits per heavy atom. The fourth-order valence-electron chi connectivity index (χ4n) is 1.92. The fraction of sp³-hybridized carbons (Fsp3) is 0.417. The van der Waals surface area contributed by atoms with E-state index in [9.17, 15) is 0 Å². The molecule has 0 bridgehead atoms. The Morgan fingerprint density at radius 1 is 1.47 bits per heavy atom. The lowest BCUT2D eigenvalue weighted by atomic mass is 10.1. The van der Waals surface area contributed by atoms with E-state index in [2.05, 4.69) is 53.7 Å². The average Bonchev–Trinajstić information content (AvgIpc) is 2.97. The van der Waals surface area contributed by atoms with Crippen molar-refractivity contribution in [2.24, 2.45) is 0 Å². The molecule has 0 saturated carbocycles. The number of methoxy groups -OCH3 is 1. The second kappa shape index (κ2) is 6.99. The maximum absolute atomic E-state index is 5.13. The van der Waals surface area contributed by atoms with Crippen LogP contribution in [0.2, 0.25) is 0 Å². The van der Waals surface area contributed by atoms with Gasteiger partial charge in [0.25, 0.3) is 0 Å². The van der Waals surface area contributed by atoms with Gasteiger partial charge in [0.1, 0.15) is 0 Å². The number of aromatic nitrogens is 2. The topological polar surface area (TPSA) is 39.1 Å². The van der Waals surface area contributed by atoms with E-state index in [1.807, 2.05) is 17.9 Å². The Bertz CT molecular complexity index is 541. The van der Waals surface area contributed by atoms with E-state index in [-0.39, 0.29) is 6.04 Å². The normalized spacial score (nSPS) is 12.8. The van der Waals surface area contributed by atoms with Crippen LogP contribution in [0.3, 0.4) is 0 Å². The van der Waals surface area contributed by atoms with Crippen LogP contribution in [-0.4, -0.2) is 30.5 Å². The summed E-state index contributed by atoms with van der Waals surface area (Å²) in [6, 6.07) is 2.16. The van der Waals surface area contributed by atoms with Crippen molar-refractivity contribution in [2.75, 3.05) is 20.8 Å². The molecule has 0 amide bonds. The summed E-state index contributed by atoms with van der Waals surface area (Å²) in [5.74, 6) is 0. The predicted octanol–water partition coefficient (Wildman–Crippen LogP) is 3.42. The third kappa shape index (κ3) is 3.28. The highest BCUT2D eigenvalue weighted by atomic mass is 79.9. The molecule has 0 saturated heterocycles. The zero-order valence-corrected chi connectivity index (χ0v) is 14.7. The van der Waals surface area contributed by atoms with Crippen LogP contribution in [0.1, 0.15) is 16.6 Å². The SMILES string of the molecule is CNC(c1sccc1Br)c1c(Br)cnn1CCOC. The summed E-state index contributed by atoms with van der Waals surface area (Å²) in [6.45, 7) is 1.38. The molecular formula is C12H15Br2N3OS. The minimum atomic E-state index is 0.100. The van der Waals surface area contributed by atoms with Crippen LogP contribution in [0.15, 0.2) is 26.6 Å². The van der Waals surface area contributed by atoms with E-state index in [0.29, 0.717) is 6.61 Å². The second-order valence-corrected chi connectivity index (χ2v) is 6.60. The molecule has 2 aromatic rings.